The fraction of sp³-hybridized carbons (Fsp3) is 0.478. The van der Waals surface area contributed by atoms with E-state index in [2.05, 4.69) is 50.8 Å². The van der Waals surface area contributed by atoms with E-state index < -0.39 is 0 Å². The van der Waals surface area contributed by atoms with Gasteiger partial charge in [-0.3, -0.25) is 0 Å². The molecule has 0 radical (unpaired) electrons. The second kappa shape index (κ2) is 13.5. The zero-order valence-corrected chi connectivity index (χ0v) is 22.0. The number of hydrogen-bond acceptors (Lipinski definition) is 2. The molecule has 2 N–H and O–H groups in total. The minimum atomic E-state index is 0. The van der Waals surface area contributed by atoms with Crippen LogP contribution < -0.4 is 0 Å². The Hall–Kier alpha value is -0.708. The van der Waals surface area contributed by atoms with Gasteiger partial charge >= 0.3 is 0 Å². The first-order chi connectivity index (χ1) is 11.8. The maximum absolute atomic E-state index is 9.31. The van der Waals surface area contributed by atoms with E-state index in [0.29, 0.717) is 11.5 Å². The zero-order valence-electron chi connectivity index (χ0n) is 18.8. The number of aromatic hydroxyl groups is 2. The van der Waals surface area contributed by atoms with Gasteiger partial charge in [-0.1, -0.05) is 72.5 Å². The van der Waals surface area contributed by atoms with Gasteiger partial charge in [0.1, 0.15) is 11.5 Å². The smallest absolute Gasteiger partial charge is 0.118 e. The molecule has 160 valence electrons. The van der Waals surface area contributed by atoms with Crippen molar-refractivity contribution < 1.29 is 27.6 Å². The first-order valence-corrected chi connectivity index (χ1v) is 10.2. The average molecular weight is 465 g/mol. The van der Waals surface area contributed by atoms with Crippen molar-refractivity contribution >= 4 is 21.6 Å². The monoisotopic (exact) mass is 464 g/mol. The average Bonchev–Trinajstić information content (AvgIpc) is 2.53. The van der Waals surface area contributed by atoms with E-state index in [0.717, 1.165) is 11.1 Å². The zero-order chi connectivity index (χ0) is 20.7. The molecular formula is C23H38ClCrO2P. The summed E-state index contributed by atoms with van der Waals surface area (Å²) in [5.74, 6) is 0.756. The Labute approximate surface area is 191 Å². The second-order valence-corrected chi connectivity index (χ2v) is 8.50. The summed E-state index contributed by atoms with van der Waals surface area (Å²) in [6.07, 6.45) is 0. The molecule has 2 aromatic rings. The molecule has 5 heteroatoms. The Kier molecular flexibility index (Phi) is 15.4. The van der Waals surface area contributed by atoms with Crippen LogP contribution in [-0.2, 0) is 28.2 Å². The molecule has 1 unspecified atom stereocenters. The Balaban J connectivity index is -0.000000385. The normalized spacial score (nSPS) is 10.2. The molecule has 0 spiro atoms. The van der Waals surface area contributed by atoms with E-state index >= 15 is 0 Å². The summed E-state index contributed by atoms with van der Waals surface area (Å²) in [4.78, 5) is 0. The molecule has 2 aromatic carbocycles. The minimum Gasteiger partial charge on any atom is -0.508 e. The van der Waals surface area contributed by atoms with Gasteiger partial charge < -0.3 is 10.2 Å². The molecule has 0 aromatic heterocycles. The molecule has 2 rings (SSSR count). The first kappa shape index (κ1) is 32.0. The largest absolute Gasteiger partial charge is 0.508 e. The molecule has 28 heavy (non-hydrogen) atoms. The maximum atomic E-state index is 9.31. The van der Waals surface area contributed by atoms with Crippen molar-refractivity contribution in [2.45, 2.75) is 66.2 Å². The van der Waals surface area contributed by atoms with E-state index in [1.165, 1.54) is 11.1 Å². The van der Waals surface area contributed by atoms with Crippen molar-refractivity contribution in [3.05, 3.63) is 58.7 Å². The van der Waals surface area contributed by atoms with Crippen molar-refractivity contribution in [1.29, 1.82) is 0 Å². The molecule has 0 aliphatic heterocycles. The topological polar surface area (TPSA) is 40.5 Å². The Morgan fingerprint density at radius 3 is 1.07 bits per heavy atom. The predicted octanol–water partition coefficient (Wildman–Crippen LogP) is 6.91. The van der Waals surface area contributed by atoms with Crippen molar-refractivity contribution in [2.24, 2.45) is 0 Å². The van der Waals surface area contributed by atoms with Gasteiger partial charge in [0.05, 0.1) is 0 Å². The van der Waals surface area contributed by atoms with Crippen LogP contribution in [0.3, 0.4) is 0 Å². The second-order valence-electron chi connectivity index (χ2n) is 8.50. The molecular weight excluding hydrogens is 427 g/mol. The van der Waals surface area contributed by atoms with Crippen LogP contribution in [0.15, 0.2) is 36.4 Å². The van der Waals surface area contributed by atoms with Crippen molar-refractivity contribution in [1.82, 2.24) is 0 Å². The Morgan fingerprint density at radius 1 is 0.643 bits per heavy atom. The third kappa shape index (κ3) is 10.7. The van der Waals surface area contributed by atoms with E-state index in [1.807, 2.05) is 44.8 Å². The summed E-state index contributed by atoms with van der Waals surface area (Å²) in [6, 6.07) is 11.5. The number of halogens is 1. The summed E-state index contributed by atoms with van der Waals surface area (Å²) >= 11 is 0. The van der Waals surface area contributed by atoms with Crippen molar-refractivity contribution in [3.63, 3.8) is 0 Å². The summed E-state index contributed by atoms with van der Waals surface area (Å²) in [7, 11) is 2.42. The van der Waals surface area contributed by atoms with Crippen LogP contribution in [0.5, 0.6) is 11.5 Å². The number of hydrogen-bond donors (Lipinski definition) is 2. The van der Waals surface area contributed by atoms with Gasteiger partial charge in [-0.2, -0.15) is 0 Å². The molecule has 0 saturated carbocycles. The molecule has 2 nitrogen and oxygen atoms in total. The standard InChI is InChI=1S/2C11H16O.CH5P.ClH.Cr/c2*1-8-7-9(11(2,3)4)5-6-10(8)12;1-2;;/h2*5-7,12H,1-4H3;2H2,1H3;1H;. The maximum Gasteiger partial charge on any atom is 0.118 e. The molecule has 0 fully saturated rings. The summed E-state index contributed by atoms with van der Waals surface area (Å²) < 4.78 is 0. The molecule has 0 amide bonds. The van der Waals surface area contributed by atoms with Crippen LogP contribution in [0.25, 0.3) is 0 Å². The predicted molar refractivity (Wildman–Crippen MR) is 126 cm³/mol. The van der Waals surface area contributed by atoms with Crippen LogP contribution in [0.2, 0.25) is 0 Å². The number of rotatable bonds is 0. The van der Waals surface area contributed by atoms with Crippen molar-refractivity contribution in [3.8, 4) is 11.5 Å². The van der Waals surface area contributed by atoms with E-state index in [4.69, 9.17) is 0 Å². The third-order valence-corrected chi connectivity index (χ3v) is 4.13. The fourth-order valence-corrected chi connectivity index (χ4v) is 2.24. The SMILES string of the molecule is CP.Cc1cc(C(C)(C)C)ccc1O.Cc1cc(C(C)(C)C)ccc1O.Cl.[Cr]. The molecule has 1 atom stereocenters. The number of phenols is 2. The number of benzene rings is 2. The quantitative estimate of drug-likeness (QED) is 0.416. The van der Waals surface area contributed by atoms with Gasteiger partial charge in [0.15, 0.2) is 0 Å². The number of phenolic OH excluding ortho intramolecular Hbond substituents is 2. The third-order valence-electron chi connectivity index (χ3n) is 4.13. The van der Waals surface area contributed by atoms with Gasteiger partial charge in [0.2, 0.25) is 0 Å². The summed E-state index contributed by atoms with van der Waals surface area (Å²) in [6.45, 7) is 18.8. The van der Waals surface area contributed by atoms with Crippen LogP contribution in [0.1, 0.15) is 63.8 Å². The van der Waals surface area contributed by atoms with Gasteiger partial charge in [-0.15, -0.1) is 21.6 Å². The molecule has 0 saturated heterocycles. The van der Waals surface area contributed by atoms with E-state index in [1.54, 1.807) is 12.1 Å². The van der Waals surface area contributed by atoms with Gasteiger partial charge in [0.25, 0.3) is 0 Å². The minimum absolute atomic E-state index is 0. The fourth-order valence-electron chi connectivity index (χ4n) is 2.24. The molecule has 0 bridgehead atoms. The molecule has 0 heterocycles. The number of aryl methyl sites for hydroxylation is 2. The Morgan fingerprint density at radius 2 is 0.893 bits per heavy atom. The van der Waals surface area contributed by atoms with Crippen LogP contribution >= 0.6 is 21.6 Å². The van der Waals surface area contributed by atoms with Crippen LogP contribution in [0.4, 0.5) is 0 Å². The van der Waals surface area contributed by atoms with E-state index in [9.17, 15) is 10.2 Å². The summed E-state index contributed by atoms with van der Waals surface area (Å²) in [5.41, 5.74) is 4.75. The van der Waals surface area contributed by atoms with E-state index in [-0.39, 0.29) is 40.6 Å². The first-order valence-electron chi connectivity index (χ1n) is 9.00. The van der Waals surface area contributed by atoms with Crippen molar-refractivity contribution in [2.75, 3.05) is 6.66 Å². The molecule has 0 aliphatic carbocycles. The van der Waals surface area contributed by atoms with Gasteiger partial charge in [-0.25, -0.2) is 0 Å². The molecule has 0 aliphatic rings. The Bertz CT molecular complexity index is 643. The van der Waals surface area contributed by atoms with Crippen LogP contribution in [0, 0.1) is 13.8 Å². The van der Waals surface area contributed by atoms with Crippen LogP contribution in [-0.4, -0.2) is 16.9 Å². The van der Waals surface area contributed by atoms with Gasteiger partial charge in [0, 0.05) is 17.4 Å². The summed E-state index contributed by atoms with van der Waals surface area (Å²) in [5, 5.41) is 18.6. The van der Waals surface area contributed by atoms with Gasteiger partial charge in [-0.05, 0) is 59.1 Å².